The van der Waals surface area contributed by atoms with Crippen LogP contribution in [0.4, 0.5) is 0 Å². The summed E-state index contributed by atoms with van der Waals surface area (Å²) in [4.78, 5) is 22.3. The minimum atomic E-state index is -0.207. The molecule has 0 spiro atoms. The number of hydrogen-bond donors (Lipinski definition) is 2. The van der Waals surface area contributed by atoms with Crippen molar-refractivity contribution in [3.8, 4) is 0 Å². The summed E-state index contributed by atoms with van der Waals surface area (Å²) in [7, 11) is 0. The van der Waals surface area contributed by atoms with Crippen LogP contribution in [0.2, 0.25) is 0 Å². The van der Waals surface area contributed by atoms with Crippen LogP contribution >= 0.6 is 0 Å². The first kappa shape index (κ1) is 26.1. The van der Waals surface area contributed by atoms with Crippen molar-refractivity contribution in [2.24, 2.45) is 20.2 Å². The SMILES string of the molecule is CCN=C([S-])N/N=C(/C=N/NC([S-])=NCC)c1ccc(C(=O)N2CCOCC2)o1.[Zn+2]. The van der Waals surface area contributed by atoms with E-state index in [0.29, 0.717) is 50.9 Å². The number of ether oxygens (including phenoxy) is 1. The Labute approximate surface area is 199 Å². The van der Waals surface area contributed by atoms with Crippen molar-refractivity contribution in [3.63, 3.8) is 0 Å². The van der Waals surface area contributed by atoms with Crippen molar-refractivity contribution in [3.05, 3.63) is 23.7 Å². The van der Waals surface area contributed by atoms with Crippen molar-refractivity contribution in [2.45, 2.75) is 13.8 Å². The Hall–Kier alpha value is -1.95. The molecule has 2 heterocycles. The molecule has 1 aromatic heterocycles. The Morgan fingerprint density at radius 1 is 1.10 bits per heavy atom. The number of nitrogens with one attached hydrogen (secondary N) is 2. The zero-order valence-electron chi connectivity index (χ0n) is 17.0. The van der Waals surface area contributed by atoms with Gasteiger partial charge in [0.25, 0.3) is 5.91 Å². The first-order chi connectivity index (χ1) is 14.0. The molecule has 1 fully saturated rings. The van der Waals surface area contributed by atoms with E-state index in [-0.39, 0.29) is 41.5 Å². The summed E-state index contributed by atoms with van der Waals surface area (Å²) < 4.78 is 11.0. The van der Waals surface area contributed by atoms with Crippen LogP contribution in [0, 0.1) is 0 Å². The zero-order chi connectivity index (χ0) is 21.1. The topological polar surface area (TPSA) is 116 Å². The van der Waals surface area contributed by atoms with Gasteiger partial charge in [-0.1, -0.05) is 0 Å². The summed E-state index contributed by atoms with van der Waals surface area (Å²) >= 11 is 10.1. The maximum Gasteiger partial charge on any atom is 2.00 e. The average molecular weight is 503 g/mol. The molecule has 10 nitrogen and oxygen atoms in total. The monoisotopic (exact) mass is 501 g/mol. The summed E-state index contributed by atoms with van der Waals surface area (Å²) in [6.07, 6.45) is 1.39. The molecule has 1 saturated heterocycles. The Bertz CT molecular complexity index is 805. The third-order valence-corrected chi connectivity index (χ3v) is 4.03. The number of aliphatic imine (C=N–C) groups is 2. The number of carbonyl (C=O) groups is 1. The molecule has 0 saturated carbocycles. The Kier molecular flexibility index (Phi) is 12.3. The molecule has 0 aromatic carbocycles. The number of hydrazone groups is 2. The van der Waals surface area contributed by atoms with E-state index in [4.69, 9.17) is 34.4 Å². The van der Waals surface area contributed by atoms with E-state index in [1.807, 2.05) is 13.8 Å². The van der Waals surface area contributed by atoms with E-state index in [0.717, 1.165) is 0 Å². The standard InChI is InChI=1S/C17H25N7O3S2.Zn/c1-3-18-16(28)22-20-11-12(21-23-17(29)19-4-2)13-5-6-14(27-13)15(25)24-7-9-26-10-8-24;/h5-6,11H,3-4,7-10H2,1-2H3,(H2,18,22,28)(H2,19,23,29);/q;+2/p-2/b20-11+,21-12-;. The fraction of sp³-hybridized carbons (Fsp3) is 0.471. The second-order valence-corrected chi connectivity index (χ2v) is 6.38. The first-order valence-corrected chi connectivity index (χ1v) is 9.89. The summed E-state index contributed by atoms with van der Waals surface area (Å²) in [6.45, 7) is 6.85. The van der Waals surface area contributed by atoms with Crippen LogP contribution in [0.3, 0.4) is 0 Å². The quantitative estimate of drug-likeness (QED) is 0.183. The molecule has 0 unspecified atom stereocenters. The maximum atomic E-state index is 12.6. The summed E-state index contributed by atoms with van der Waals surface area (Å²) in [6, 6.07) is 3.23. The van der Waals surface area contributed by atoms with Crippen molar-refractivity contribution in [1.82, 2.24) is 15.8 Å². The summed E-state index contributed by atoms with van der Waals surface area (Å²) in [5.74, 6) is 0.326. The molecule has 0 aliphatic carbocycles. The average Bonchev–Trinajstić information content (AvgIpc) is 3.21. The number of morpholine rings is 1. The van der Waals surface area contributed by atoms with E-state index in [9.17, 15) is 4.79 Å². The van der Waals surface area contributed by atoms with Crippen molar-refractivity contribution < 1.29 is 33.4 Å². The normalized spacial score (nSPS) is 15.8. The number of furan rings is 1. The largest absolute Gasteiger partial charge is 2.00 e. The van der Waals surface area contributed by atoms with Gasteiger partial charge in [0.15, 0.2) is 11.5 Å². The van der Waals surface area contributed by atoms with Gasteiger partial charge in [-0.3, -0.25) is 25.6 Å². The second kappa shape index (κ2) is 14.1. The molecule has 0 bridgehead atoms. The van der Waals surface area contributed by atoms with Gasteiger partial charge < -0.3 is 39.3 Å². The van der Waals surface area contributed by atoms with E-state index < -0.39 is 0 Å². The molecular weight excluding hydrogens is 480 g/mol. The van der Waals surface area contributed by atoms with Gasteiger partial charge in [-0.15, -0.1) is 0 Å². The van der Waals surface area contributed by atoms with Gasteiger partial charge in [0.1, 0.15) is 5.71 Å². The molecule has 0 radical (unpaired) electrons. The van der Waals surface area contributed by atoms with Gasteiger partial charge in [0.05, 0.1) is 19.4 Å². The Morgan fingerprint density at radius 3 is 2.33 bits per heavy atom. The van der Waals surface area contributed by atoms with Crippen LogP contribution < -0.4 is 10.9 Å². The molecule has 2 N–H and O–H groups in total. The smallest absolute Gasteiger partial charge is 0.741 e. The summed E-state index contributed by atoms with van der Waals surface area (Å²) in [5, 5.41) is 8.65. The zero-order valence-corrected chi connectivity index (χ0v) is 21.6. The molecule has 2 rings (SSSR count). The number of nitrogens with zero attached hydrogens (tertiary/aromatic N) is 5. The van der Waals surface area contributed by atoms with Gasteiger partial charge in [0.2, 0.25) is 0 Å². The van der Waals surface area contributed by atoms with Crippen molar-refractivity contribution in [1.29, 1.82) is 0 Å². The predicted octanol–water partition coefficient (Wildman–Crippen LogP) is 0.464. The first-order valence-electron chi connectivity index (χ1n) is 9.08. The Balaban J connectivity index is 0.00000450. The summed E-state index contributed by atoms with van der Waals surface area (Å²) in [5.41, 5.74) is 5.57. The van der Waals surface area contributed by atoms with E-state index in [2.05, 4.69) is 31.0 Å². The molecular formula is C17H23N7O3S2Zn. The molecule has 1 aliphatic rings. The van der Waals surface area contributed by atoms with Gasteiger partial charge in [-0.05, 0) is 36.3 Å². The number of rotatable bonds is 7. The van der Waals surface area contributed by atoms with Crippen molar-refractivity contribution >= 4 is 53.4 Å². The van der Waals surface area contributed by atoms with E-state index in [1.165, 1.54) is 6.21 Å². The number of amides is 1. The maximum absolute atomic E-state index is 12.6. The van der Waals surface area contributed by atoms with Gasteiger partial charge in [-0.25, -0.2) is 0 Å². The predicted molar refractivity (Wildman–Crippen MR) is 117 cm³/mol. The second-order valence-electron chi connectivity index (χ2n) is 5.61. The molecule has 0 atom stereocenters. The number of carbonyl (C=O) groups excluding carboxylic acids is 1. The minimum absolute atomic E-state index is 0. The molecule has 1 aromatic rings. The fourth-order valence-electron chi connectivity index (χ4n) is 2.27. The minimum Gasteiger partial charge on any atom is -0.741 e. The van der Waals surface area contributed by atoms with Gasteiger partial charge in [-0.2, -0.15) is 10.2 Å². The Morgan fingerprint density at radius 2 is 1.70 bits per heavy atom. The van der Waals surface area contributed by atoms with Crippen LogP contribution in [0.1, 0.15) is 30.2 Å². The molecule has 13 heteroatoms. The van der Waals surface area contributed by atoms with E-state index in [1.54, 1.807) is 17.0 Å². The van der Waals surface area contributed by atoms with Gasteiger partial charge in [0, 0.05) is 26.2 Å². The molecule has 1 amide bonds. The number of hydrogen-bond acceptors (Lipinski definition) is 9. The number of amidine groups is 2. The molecule has 1 aliphatic heterocycles. The van der Waals surface area contributed by atoms with Crippen LogP contribution in [-0.4, -0.2) is 72.5 Å². The molecule has 30 heavy (non-hydrogen) atoms. The van der Waals surface area contributed by atoms with Crippen LogP contribution in [0.15, 0.2) is 36.7 Å². The van der Waals surface area contributed by atoms with E-state index >= 15 is 0 Å². The fourth-order valence-corrected chi connectivity index (χ4v) is 2.63. The van der Waals surface area contributed by atoms with Gasteiger partial charge >= 0.3 is 19.5 Å². The molecule has 158 valence electrons. The van der Waals surface area contributed by atoms with Crippen molar-refractivity contribution in [2.75, 3.05) is 39.4 Å². The van der Waals surface area contributed by atoms with Crippen LogP contribution in [0.5, 0.6) is 0 Å². The van der Waals surface area contributed by atoms with Crippen LogP contribution in [0.25, 0.3) is 0 Å². The third-order valence-electron chi connectivity index (χ3n) is 3.59. The van der Waals surface area contributed by atoms with Crippen LogP contribution in [-0.2, 0) is 49.5 Å². The third kappa shape index (κ3) is 8.43.